The van der Waals surface area contributed by atoms with Crippen molar-refractivity contribution in [3.05, 3.63) is 71.4 Å². The van der Waals surface area contributed by atoms with Crippen molar-refractivity contribution in [2.45, 2.75) is 37.6 Å². The Morgan fingerprint density at radius 3 is 2.72 bits per heavy atom. The highest BCUT2D eigenvalue weighted by Crippen LogP contribution is 2.35. The summed E-state index contributed by atoms with van der Waals surface area (Å²) in [5.74, 6) is -0.238. The molecule has 5 rings (SSSR count). The average Bonchev–Trinajstić information content (AvgIpc) is 3.18. The van der Waals surface area contributed by atoms with Crippen LogP contribution in [-0.2, 0) is 6.42 Å². The molecule has 5 nitrogen and oxygen atoms in total. The first kappa shape index (κ1) is 18.0. The van der Waals surface area contributed by atoms with Crippen LogP contribution in [0, 0.1) is 11.6 Å². The van der Waals surface area contributed by atoms with E-state index in [4.69, 9.17) is 4.42 Å². The van der Waals surface area contributed by atoms with E-state index in [1.807, 2.05) is 4.90 Å². The van der Waals surface area contributed by atoms with Gasteiger partial charge in [-0.15, -0.1) is 0 Å². The van der Waals surface area contributed by atoms with E-state index >= 15 is 0 Å². The van der Waals surface area contributed by atoms with Gasteiger partial charge in [-0.25, -0.2) is 13.8 Å². The molecule has 2 aliphatic rings. The highest BCUT2D eigenvalue weighted by molar-refractivity contribution is 5.96. The lowest BCUT2D eigenvalue weighted by Gasteiger charge is -2.37. The lowest BCUT2D eigenvalue weighted by Crippen LogP contribution is -2.45. The Hall–Kier alpha value is -3.09. The van der Waals surface area contributed by atoms with Gasteiger partial charge in [0.15, 0.2) is 5.89 Å². The second-order valence-corrected chi connectivity index (χ2v) is 7.66. The first-order chi connectivity index (χ1) is 14.1. The standard InChI is InChI=1S/C22H19F2N3O2/c23-15-3-7-18-13(9-15)1-5-17-6-2-14(11-27(17)22(18)28)21-26-20(12-29-21)19-8-4-16(24)10-25-19/h3-4,7-10,12,14,17H,1-2,5-6,11H2/t14?,17-/m0/s1. The van der Waals surface area contributed by atoms with Crippen molar-refractivity contribution in [3.63, 3.8) is 0 Å². The Kier molecular flexibility index (Phi) is 4.38. The van der Waals surface area contributed by atoms with Crippen molar-refractivity contribution in [2.75, 3.05) is 6.54 Å². The van der Waals surface area contributed by atoms with Gasteiger partial charge in [0.1, 0.15) is 23.6 Å². The van der Waals surface area contributed by atoms with Crippen molar-refractivity contribution < 1.29 is 18.0 Å². The fraction of sp³-hybridized carbons (Fsp3) is 0.318. The summed E-state index contributed by atoms with van der Waals surface area (Å²) in [4.78, 5) is 23.6. The quantitative estimate of drug-likeness (QED) is 0.647. The van der Waals surface area contributed by atoms with E-state index in [1.54, 1.807) is 12.1 Å². The van der Waals surface area contributed by atoms with Crippen LogP contribution in [0.1, 0.15) is 47.0 Å². The highest BCUT2D eigenvalue weighted by Gasteiger charge is 2.37. The number of piperidine rings is 1. The van der Waals surface area contributed by atoms with Gasteiger partial charge in [-0.1, -0.05) is 0 Å². The van der Waals surface area contributed by atoms with Gasteiger partial charge in [-0.05, 0) is 61.6 Å². The molecule has 2 atom stereocenters. The van der Waals surface area contributed by atoms with Crippen LogP contribution in [0.15, 0.2) is 47.2 Å². The van der Waals surface area contributed by atoms with E-state index in [0.29, 0.717) is 35.8 Å². The molecule has 0 N–H and O–H groups in total. The fourth-order valence-electron chi connectivity index (χ4n) is 4.35. The molecule has 7 heteroatoms. The van der Waals surface area contributed by atoms with Gasteiger partial charge in [0.05, 0.1) is 17.8 Å². The van der Waals surface area contributed by atoms with Crippen LogP contribution >= 0.6 is 0 Å². The number of carbonyl (C=O) groups excluding carboxylic acids is 1. The molecule has 1 saturated heterocycles. The molecule has 1 fully saturated rings. The number of carbonyl (C=O) groups is 1. The number of hydrogen-bond acceptors (Lipinski definition) is 4. The molecule has 2 aromatic heterocycles. The largest absolute Gasteiger partial charge is 0.448 e. The van der Waals surface area contributed by atoms with Gasteiger partial charge in [-0.3, -0.25) is 9.78 Å². The molecule has 4 heterocycles. The Morgan fingerprint density at radius 1 is 1.03 bits per heavy atom. The van der Waals surface area contributed by atoms with Gasteiger partial charge >= 0.3 is 0 Å². The van der Waals surface area contributed by atoms with Crippen LogP contribution in [-0.4, -0.2) is 33.4 Å². The number of pyridine rings is 1. The molecule has 148 valence electrons. The molecule has 1 amide bonds. The van der Waals surface area contributed by atoms with E-state index in [-0.39, 0.29) is 23.7 Å². The zero-order valence-corrected chi connectivity index (χ0v) is 15.6. The molecule has 0 spiro atoms. The van der Waals surface area contributed by atoms with Crippen LogP contribution in [0.25, 0.3) is 11.4 Å². The SMILES string of the molecule is O=C1c2ccc(F)cc2CC[C@H]2CCC(c3nc(-c4ccc(F)cn4)co3)CN12. The number of benzene rings is 1. The van der Waals surface area contributed by atoms with Crippen molar-refractivity contribution in [3.8, 4) is 11.4 Å². The van der Waals surface area contributed by atoms with Crippen LogP contribution in [0.2, 0.25) is 0 Å². The number of aryl methyl sites for hydroxylation is 1. The number of hydrogen-bond donors (Lipinski definition) is 0. The van der Waals surface area contributed by atoms with Crippen molar-refractivity contribution in [1.29, 1.82) is 0 Å². The molecular weight excluding hydrogens is 376 g/mol. The third kappa shape index (κ3) is 3.30. The van der Waals surface area contributed by atoms with Crippen LogP contribution < -0.4 is 0 Å². The summed E-state index contributed by atoms with van der Waals surface area (Å²) < 4.78 is 32.4. The summed E-state index contributed by atoms with van der Waals surface area (Å²) in [5.41, 5.74) is 2.45. The molecule has 1 unspecified atom stereocenters. The summed E-state index contributed by atoms with van der Waals surface area (Å²) in [7, 11) is 0. The minimum Gasteiger partial charge on any atom is -0.448 e. The van der Waals surface area contributed by atoms with Gasteiger partial charge in [0.25, 0.3) is 5.91 Å². The molecule has 29 heavy (non-hydrogen) atoms. The number of halogens is 2. The monoisotopic (exact) mass is 395 g/mol. The van der Waals surface area contributed by atoms with Crippen LogP contribution in [0.4, 0.5) is 8.78 Å². The number of oxazole rings is 1. The summed E-state index contributed by atoms with van der Waals surface area (Å²) in [6.45, 7) is 0.511. The van der Waals surface area contributed by atoms with Gasteiger partial charge in [0, 0.05) is 18.2 Å². The fourth-order valence-corrected chi connectivity index (χ4v) is 4.35. The van der Waals surface area contributed by atoms with E-state index in [0.717, 1.165) is 31.0 Å². The van der Waals surface area contributed by atoms with E-state index < -0.39 is 5.82 Å². The smallest absolute Gasteiger partial charge is 0.254 e. The molecule has 0 bridgehead atoms. The molecule has 0 radical (unpaired) electrons. The third-order valence-corrected chi connectivity index (χ3v) is 5.87. The molecule has 2 aliphatic heterocycles. The van der Waals surface area contributed by atoms with Crippen LogP contribution in [0.5, 0.6) is 0 Å². The van der Waals surface area contributed by atoms with Gasteiger partial charge in [0.2, 0.25) is 0 Å². The van der Waals surface area contributed by atoms with E-state index in [1.165, 1.54) is 24.5 Å². The number of fused-ring (bicyclic) bond motifs is 2. The molecular formula is C22H19F2N3O2. The summed E-state index contributed by atoms with van der Waals surface area (Å²) in [6.07, 6.45) is 5.89. The zero-order valence-electron chi connectivity index (χ0n) is 15.6. The molecule has 3 aromatic rings. The maximum absolute atomic E-state index is 13.6. The number of rotatable bonds is 2. The highest BCUT2D eigenvalue weighted by atomic mass is 19.1. The zero-order chi connectivity index (χ0) is 20.0. The van der Waals surface area contributed by atoms with Gasteiger partial charge in [-0.2, -0.15) is 0 Å². The Balaban J connectivity index is 1.39. The normalized spacial score (nSPS) is 21.4. The summed E-state index contributed by atoms with van der Waals surface area (Å²) in [6, 6.07) is 7.43. The van der Waals surface area contributed by atoms with Crippen molar-refractivity contribution >= 4 is 5.91 Å². The summed E-state index contributed by atoms with van der Waals surface area (Å²) >= 11 is 0. The predicted octanol–water partition coefficient (Wildman–Crippen LogP) is 4.35. The molecule has 0 aliphatic carbocycles. The van der Waals surface area contributed by atoms with Crippen LogP contribution in [0.3, 0.4) is 0 Å². The summed E-state index contributed by atoms with van der Waals surface area (Å²) in [5, 5.41) is 0. The van der Waals surface area contributed by atoms with Gasteiger partial charge < -0.3 is 9.32 Å². The Morgan fingerprint density at radius 2 is 1.90 bits per heavy atom. The Bertz CT molecular complexity index is 1060. The maximum Gasteiger partial charge on any atom is 0.254 e. The second kappa shape index (κ2) is 7.06. The molecule has 0 saturated carbocycles. The van der Waals surface area contributed by atoms with Crippen molar-refractivity contribution in [1.82, 2.24) is 14.9 Å². The Labute approximate surface area is 166 Å². The topological polar surface area (TPSA) is 59.2 Å². The first-order valence-corrected chi connectivity index (χ1v) is 9.75. The number of amides is 1. The first-order valence-electron chi connectivity index (χ1n) is 9.75. The number of nitrogens with zero attached hydrogens (tertiary/aromatic N) is 3. The third-order valence-electron chi connectivity index (χ3n) is 5.87. The molecule has 1 aromatic carbocycles. The predicted molar refractivity (Wildman–Crippen MR) is 101 cm³/mol. The number of aromatic nitrogens is 2. The van der Waals surface area contributed by atoms with E-state index in [9.17, 15) is 13.6 Å². The minimum atomic E-state index is -0.407. The lowest BCUT2D eigenvalue weighted by molar-refractivity contribution is 0.0574. The van der Waals surface area contributed by atoms with E-state index in [2.05, 4.69) is 9.97 Å². The minimum absolute atomic E-state index is 0.0219. The van der Waals surface area contributed by atoms with Crippen molar-refractivity contribution in [2.24, 2.45) is 0 Å². The average molecular weight is 395 g/mol. The second-order valence-electron chi connectivity index (χ2n) is 7.66. The maximum atomic E-state index is 13.6. The lowest BCUT2D eigenvalue weighted by atomic mass is 9.90.